The molecule has 1 aromatic carbocycles. The van der Waals surface area contributed by atoms with Gasteiger partial charge in [-0.05, 0) is 52.3 Å². The zero-order chi connectivity index (χ0) is 27.9. The topological polar surface area (TPSA) is 108 Å². The third kappa shape index (κ3) is 7.54. The van der Waals surface area contributed by atoms with E-state index in [1.54, 1.807) is 53.1 Å². The van der Waals surface area contributed by atoms with E-state index < -0.39 is 29.3 Å². The molecule has 2 atom stereocenters. The second-order valence-corrected chi connectivity index (χ2v) is 10.2. The summed E-state index contributed by atoms with van der Waals surface area (Å²) in [7, 11) is 1.71. The number of likely N-dealkylation sites (tertiary alicyclic amines) is 1. The first-order valence-corrected chi connectivity index (χ1v) is 12.4. The van der Waals surface area contributed by atoms with Crippen LogP contribution in [0.5, 0.6) is 0 Å². The smallest absolute Gasteiger partial charge is 0.411 e. The van der Waals surface area contributed by atoms with Gasteiger partial charge in [-0.2, -0.15) is 4.98 Å². The van der Waals surface area contributed by atoms with Gasteiger partial charge in [-0.25, -0.2) is 18.6 Å². The molecule has 2 heterocycles. The molecule has 2 amide bonds. The Hall–Kier alpha value is -3.94. The van der Waals surface area contributed by atoms with Gasteiger partial charge in [0, 0.05) is 32.1 Å². The maximum atomic E-state index is 14.2. The van der Waals surface area contributed by atoms with Crippen molar-refractivity contribution in [3.8, 4) is 11.8 Å². The Kier molecular flexibility index (Phi) is 9.09. The molecule has 0 unspecified atom stereocenters. The Morgan fingerprint density at radius 1 is 1.32 bits per heavy atom. The number of hydrogen-bond donors (Lipinski definition) is 3. The van der Waals surface area contributed by atoms with Gasteiger partial charge in [0.1, 0.15) is 28.9 Å². The zero-order valence-electron chi connectivity index (χ0n) is 22.3. The van der Waals surface area contributed by atoms with Crippen molar-refractivity contribution in [2.75, 3.05) is 30.8 Å². The standard InChI is InChI=1S/C27H34F2N6O3/c1-26(2,3)38-25(37)35-17-20(29)15-27(35,4)23(36)31-13-8-6-7-10-18-16-32-24(34-22(18)30-5)33-21-12-9-11-19(28)14-21/h9,11-12,14,16,20H,6,8,13,15,17H2,1-5H3,(H,31,36)(H2,30,32,33,34)/t20-,27-/m0/s1. The molecule has 38 heavy (non-hydrogen) atoms. The minimum absolute atomic E-state index is 0.0885. The average molecular weight is 529 g/mol. The van der Waals surface area contributed by atoms with Gasteiger partial charge < -0.3 is 20.7 Å². The lowest BCUT2D eigenvalue weighted by Crippen LogP contribution is -2.56. The molecule has 0 radical (unpaired) electrons. The molecule has 1 aromatic heterocycles. The number of carbonyl (C=O) groups excluding carboxylic acids is 2. The highest BCUT2D eigenvalue weighted by atomic mass is 19.1. The highest BCUT2D eigenvalue weighted by molar-refractivity contribution is 5.90. The number of ether oxygens (including phenoxy) is 1. The van der Waals surface area contributed by atoms with Crippen LogP contribution in [0, 0.1) is 17.7 Å². The summed E-state index contributed by atoms with van der Waals surface area (Å²) in [6.45, 7) is 6.84. The molecule has 204 valence electrons. The summed E-state index contributed by atoms with van der Waals surface area (Å²) in [5.74, 6) is 6.05. The normalized spacial score (nSPS) is 18.8. The fourth-order valence-electron chi connectivity index (χ4n) is 3.96. The van der Waals surface area contributed by atoms with Crippen molar-refractivity contribution in [1.29, 1.82) is 0 Å². The fourth-order valence-corrected chi connectivity index (χ4v) is 3.96. The monoisotopic (exact) mass is 528 g/mol. The van der Waals surface area contributed by atoms with E-state index in [-0.39, 0.29) is 18.8 Å². The lowest BCUT2D eigenvalue weighted by Gasteiger charge is -2.34. The summed E-state index contributed by atoms with van der Waals surface area (Å²) in [5.41, 5.74) is -0.969. The maximum absolute atomic E-state index is 14.2. The number of amides is 2. The fraction of sp³-hybridized carbons (Fsp3) is 0.481. The van der Waals surface area contributed by atoms with Crippen LogP contribution in [0.25, 0.3) is 0 Å². The number of nitrogens with zero attached hydrogens (tertiary/aromatic N) is 3. The molecule has 3 rings (SSSR count). The molecule has 1 aliphatic rings. The molecule has 9 nitrogen and oxygen atoms in total. The van der Waals surface area contributed by atoms with Crippen LogP contribution in [0.15, 0.2) is 30.5 Å². The van der Waals surface area contributed by atoms with Crippen molar-refractivity contribution in [3.05, 3.63) is 41.8 Å². The van der Waals surface area contributed by atoms with Crippen molar-refractivity contribution in [1.82, 2.24) is 20.2 Å². The number of rotatable bonds is 7. The number of anilines is 3. The number of halogens is 2. The Labute approximate surface area is 221 Å². The van der Waals surface area contributed by atoms with Crippen molar-refractivity contribution in [3.63, 3.8) is 0 Å². The van der Waals surface area contributed by atoms with E-state index in [0.717, 1.165) is 0 Å². The number of aromatic nitrogens is 2. The second-order valence-electron chi connectivity index (χ2n) is 10.2. The summed E-state index contributed by atoms with van der Waals surface area (Å²) < 4.78 is 33.0. The number of carbonyl (C=O) groups is 2. The molecule has 0 spiro atoms. The predicted octanol–water partition coefficient (Wildman–Crippen LogP) is 4.39. The SMILES string of the molecule is CNc1nc(Nc2cccc(F)c2)ncc1C#CCCCNC(=O)[C@]1(C)C[C@H](F)CN1C(=O)OC(C)(C)C. The summed E-state index contributed by atoms with van der Waals surface area (Å²) >= 11 is 0. The third-order valence-electron chi connectivity index (χ3n) is 5.79. The molecule has 1 aliphatic heterocycles. The summed E-state index contributed by atoms with van der Waals surface area (Å²) in [6.07, 6.45) is 0.494. The largest absolute Gasteiger partial charge is 0.444 e. The van der Waals surface area contributed by atoms with Crippen molar-refractivity contribution in [2.24, 2.45) is 0 Å². The highest BCUT2D eigenvalue weighted by Gasteiger charge is 2.51. The molecule has 0 saturated carbocycles. The van der Waals surface area contributed by atoms with Crippen LogP contribution in [0.3, 0.4) is 0 Å². The van der Waals surface area contributed by atoms with Gasteiger partial charge in [0.2, 0.25) is 11.9 Å². The number of benzene rings is 1. The summed E-state index contributed by atoms with van der Waals surface area (Å²) in [4.78, 5) is 35.2. The van der Waals surface area contributed by atoms with E-state index in [0.29, 0.717) is 42.4 Å². The van der Waals surface area contributed by atoms with Gasteiger partial charge in [0.05, 0.1) is 18.3 Å². The molecule has 1 fully saturated rings. The Balaban J connectivity index is 1.52. The van der Waals surface area contributed by atoms with E-state index in [1.165, 1.54) is 17.0 Å². The average Bonchev–Trinajstić information content (AvgIpc) is 3.16. The van der Waals surface area contributed by atoms with Gasteiger partial charge in [0.25, 0.3) is 0 Å². The third-order valence-corrected chi connectivity index (χ3v) is 5.79. The minimum Gasteiger partial charge on any atom is -0.444 e. The maximum Gasteiger partial charge on any atom is 0.411 e. The molecule has 11 heteroatoms. The summed E-state index contributed by atoms with van der Waals surface area (Å²) in [6, 6.07) is 5.98. The molecule has 0 aliphatic carbocycles. The first-order chi connectivity index (χ1) is 17.9. The van der Waals surface area contributed by atoms with Crippen LogP contribution in [0.1, 0.15) is 52.5 Å². The first-order valence-electron chi connectivity index (χ1n) is 12.4. The molecule has 0 bridgehead atoms. The minimum atomic E-state index is -1.33. The van der Waals surface area contributed by atoms with Crippen LogP contribution in [-0.2, 0) is 9.53 Å². The van der Waals surface area contributed by atoms with E-state index in [4.69, 9.17) is 4.74 Å². The van der Waals surface area contributed by atoms with Crippen molar-refractivity contribution in [2.45, 2.75) is 64.3 Å². The van der Waals surface area contributed by atoms with Crippen LogP contribution in [-0.4, -0.2) is 64.3 Å². The molecular formula is C27H34F2N6O3. The molecule has 2 aromatic rings. The number of unbranched alkanes of at least 4 members (excludes halogenated alkanes) is 1. The quantitative estimate of drug-likeness (QED) is 0.361. The van der Waals surface area contributed by atoms with Gasteiger partial charge in [-0.1, -0.05) is 17.9 Å². The van der Waals surface area contributed by atoms with Gasteiger partial charge in [0.15, 0.2) is 0 Å². The number of hydrogen-bond acceptors (Lipinski definition) is 7. The Morgan fingerprint density at radius 2 is 2.08 bits per heavy atom. The lowest BCUT2D eigenvalue weighted by molar-refractivity contribution is -0.130. The van der Waals surface area contributed by atoms with Crippen LogP contribution >= 0.6 is 0 Å². The van der Waals surface area contributed by atoms with E-state index in [1.807, 2.05) is 0 Å². The zero-order valence-corrected chi connectivity index (χ0v) is 22.3. The van der Waals surface area contributed by atoms with Crippen molar-refractivity contribution >= 4 is 29.5 Å². The molecular weight excluding hydrogens is 494 g/mol. The van der Waals surface area contributed by atoms with Crippen molar-refractivity contribution < 1.29 is 23.1 Å². The van der Waals surface area contributed by atoms with Gasteiger partial charge in [-0.15, -0.1) is 0 Å². The first kappa shape index (κ1) is 28.6. The summed E-state index contributed by atoms with van der Waals surface area (Å²) in [5, 5.41) is 8.71. The number of nitrogens with one attached hydrogen (secondary N) is 3. The van der Waals surface area contributed by atoms with E-state index >= 15 is 0 Å². The van der Waals surface area contributed by atoms with Crippen LogP contribution < -0.4 is 16.0 Å². The lowest BCUT2D eigenvalue weighted by atomic mass is 9.97. The van der Waals surface area contributed by atoms with E-state index in [9.17, 15) is 18.4 Å². The Bertz CT molecular complexity index is 1220. The van der Waals surface area contributed by atoms with Crippen LogP contribution in [0.2, 0.25) is 0 Å². The molecule has 3 N–H and O–H groups in total. The second kappa shape index (κ2) is 12.1. The number of alkyl halides is 1. The highest BCUT2D eigenvalue weighted by Crippen LogP contribution is 2.32. The molecule has 1 saturated heterocycles. The Morgan fingerprint density at radius 3 is 2.76 bits per heavy atom. The van der Waals surface area contributed by atoms with Crippen LogP contribution in [0.4, 0.5) is 31.0 Å². The van der Waals surface area contributed by atoms with Gasteiger partial charge in [-0.3, -0.25) is 9.69 Å². The van der Waals surface area contributed by atoms with Gasteiger partial charge >= 0.3 is 6.09 Å². The predicted molar refractivity (Wildman–Crippen MR) is 141 cm³/mol. The van der Waals surface area contributed by atoms with E-state index in [2.05, 4.69) is 37.8 Å².